The summed E-state index contributed by atoms with van der Waals surface area (Å²) in [5.74, 6) is -0.0213. The van der Waals surface area contributed by atoms with Gasteiger partial charge in [0.15, 0.2) is 9.84 Å². The topological polar surface area (TPSA) is 67.3 Å². The van der Waals surface area contributed by atoms with Crippen molar-refractivity contribution in [3.05, 3.63) is 55.7 Å². The van der Waals surface area contributed by atoms with Crippen molar-refractivity contribution in [2.75, 3.05) is 13.1 Å². The van der Waals surface area contributed by atoms with Crippen LogP contribution in [0.25, 0.3) is 0 Å². The van der Waals surface area contributed by atoms with Crippen LogP contribution in [0, 0.1) is 5.92 Å². The number of nitrogens with zero attached hydrogens (tertiary/aromatic N) is 2. The van der Waals surface area contributed by atoms with Crippen molar-refractivity contribution < 1.29 is 13.2 Å². The minimum atomic E-state index is -3.99. The van der Waals surface area contributed by atoms with Crippen LogP contribution < -0.4 is 0 Å². The number of sulfone groups is 1. The first-order valence-electron chi connectivity index (χ1n) is 8.89. The van der Waals surface area contributed by atoms with Gasteiger partial charge in [-0.3, -0.25) is 9.78 Å². The van der Waals surface area contributed by atoms with Crippen LogP contribution in [0.5, 0.6) is 0 Å². The van der Waals surface area contributed by atoms with Gasteiger partial charge in [-0.2, -0.15) is 0 Å². The molecule has 156 valence electrons. The molecule has 0 N–H and O–H groups in total. The summed E-state index contributed by atoms with van der Waals surface area (Å²) in [7, 11) is -3.99. The third-order valence-electron chi connectivity index (χ3n) is 4.85. The maximum absolute atomic E-state index is 13.0. The summed E-state index contributed by atoms with van der Waals surface area (Å²) in [5.41, 5.74) is 0.679. The minimum Gasteiger partial charge on any atom is -0.339 e. The minimum absolute atomic E-state index is 0.0129. The molecule has 1 aromatic heterocycles. The molecule has 0 radical (unpaired) electrons. The summed E-state index contributed by atoms with van der Waals surface area (Å²) >= 11 is 24.1. The lowest BCUT2D eigenvalue weighted by Crippen LogP contribution is -2.38. The van der Waals surface area contributed by atoms with Gasteiger partial charge in [0.2, 0.25) is 0 Å². The van der Waals surface area contributed by atoms with Crippen molar-refractivity contribution in [2.24, 2.45) is 5.92 Å². The van der Waals surface area contributed by atoms with E-state index in [-0.39, 0.29) is 30.9 Å². The van der Waals surface area contributed by atoms with Crippen LogP contribution in [-0.4, -0.2) is 37.3 Å². The molecule has 10 heteroatoms. The fourth-order valence-electron chi connectivity index (χ4n) is 3.19. The number of halogens is 4. The Morgan fingerprint density at radius 1 is 1.07 bits per heavy atom. The Morgan fingerprint density at radius 3 is 2.24 bits per heavy atom. The first-order chi connectivity index (χ1) is 13.6. The molecular weight excluding hydrogens is 478 g/mol. The molecule has 1 saturated heterocycles. The summed E-state index contributed by atoms with van der Waals surface area (Å²) in [4.78, 5) is 18.2. The number of hydrogen-bond acceptors (Lipinski definition) is 4. The Morgan fingerprint density at radius 2 is 1.66 bits per heavy atom. The van der Waals surface area contributed by atoms with Crippen molar-refractivity contribution in [3.63, 3.8) is 0 Å². The number of hydrogen-bond donors (Lipinski definition) is 0. The van der Waals surface area contributed by atoms with Crippen LogP contribution in [-0.2, 0) is 15.6 Å². The number of rotatable bonds is 4. The lowest BCUT2D eigenvalue weighted by atomic mass is 9.99. The number of piperidine rings is 1. The van der Waals surface area contributed by atoms with Crippen molar-refractivity contribution >= 4 is 62.1 Å². The summed E-state index contributed by atoms with van der Waals surface area (Å²) in [6.45, 7) is 3.51. The highest BCUT2D eigenvalue weighted by atomic mass is 35.5. The standard InChI is InChI=1S/C19H18Cl4N2O3S/c1-11-2-4-25(5-3-11)19(26)13-6-12(8-24-9-13)10-29(27,28)18-16(22)14(20)7-15(21)17(18)23/h6-9,11H,2-5,10H2,1H3. The molecule has 1 aromatic carbocycles. The number of pyridine rings is 1. The summed E-state index contributed by atoms with van der Waals surface area (Å²) in [6, 6.07) is 2.81. The number of likely N-dealkylation sites (tertiary alicyclic amines) is 1. The van der Waals surface area contributed by atoms with Crippen LogP contribution in [0.4, 0.5) is 0 Å². The Labute approximate surface area is 189 Å². The van der Waals surface area contributed by atoms with Crippen LogP contribution in [0.1, 0.15) is 35.7 Å². The summed E-state index contributed by atoms with van der Waals surface area (Å²) in [6.07, 6.45) is 4.72. The molecule has 1 aliphatic rings. The highest BCUT2D eigenvalue weighted by Gasteiger charge is 2.27. The number of benzene rings is 1. The Bertz CT molecular complexity index is 1030. The second-order valence-electron chi connectivity index (χ2n) is 7.11. The fraction of sp³-hybridized carbons (Fsp3) is 0.368. The number of carbonyl (C=O) groups is 1. The average molecular weight is 496 g/mol. The maximum Gasteiger partial charge on any atom is 0.255 e. The Kier molecular flexibility index (Phi) is 7.01. The van der Waals surface area contributed by atoms with Crippen molar-refractivity contribution in [1.29, 1.82) is 0 Å². The zero-order chi connectivity index (χ0) is 21.3. The molecule has 3 rings (SSSR count). The first-order valence-corrected chi connectivity index (χ1v) is 12.1. The van der Waals surface area contributed by atoms with Crippen molar-refractivity contribution in [3.8, 4) is 0 Å². The largest absolute Gasteiger partial charge is 0.339 e. The first kappa shape index (κ1) is 22.6. The third kappa shape index (κ3) is 5.00. The van der Waals surface area contributed by atoms with Gasteiger partial charge in [0.1, 0.15) is 4.90 Å². The third-order valence-corrected chi connectivity index (χ3v) is 8.39. The second-order valence-corrected chi connectivity index (χ2v) is 10.6. The molecule has 1 aliphatic heterocycles. The van der Waals surface area contributed by atoms with Gasteiger partial charge in [-0.15, -0.1) is 0 Å². The van der Waals surface area contributed by atoms with E-state index in [0.717, 1.165) is 12.8 Å². The second kappa shape index (κ2) is 8.98. The van der Waals surface area contributed by atoms with E-state index in [2.05, 4.69) is 11.9 Å². The van der Waals surface area contributed by atoms with E-state index in [0.29, 0.717) is 30.1 Å². The van der Waals surface area contributed by atoms with Gasteiger partial charge in [0.25, 0.3) is 5.91 Å². The molecule has 1 amide bonds. The van der Waals surface area contributed by atoms with Crippen molar-refractivity contribution in [1.82, 2.24) is 9.88 Å². The van der Waals surface area contributed by atoms with Gasteiger partial charge in [-0.25, -0.2) is 8.42 Å². The van der Waals surface area contributed by atoms with E-state index < -0.39 is 15.6 Å². The molecule has 0 spiro atoms. The zero-order valence-electron chi connectivity index (χ0n) is 15.5. The molecule has 29 heavy (non-hydrogen) atoms. The molecule has 5 nitrogen and oxygen atoms in total. The van der Waals surface area contributed by atoms with Gasteiger partial charge >= 0.3 is 0 Å². The van der Waals surface area contributed by atoms with E-state index in [1.165, 1.54) is 24.5 Å². The lowest BCUT2D eigenvalue weighted by molar-refractivity contribution is 0.0696. The average Bonchev–Trinajstić information content (AvgIpc) is 2.66. The quantitative estimate of drug-likeness (QED) is 0.522. The molecule has 2 aromatic rings. The monoisotopic (exact) mass is 494 g/mol. The van der Waals surface area contributed by atoms with Crippen LogP contribution in [0.3, 0.4) is 0 Å². The lowest BCUT2D eigenvalue weighted by Gasteiger charge is -2.30. The van der Waals surface area contributed by atoms with Gasteiger partial charge in [0, 0.05) is 25.5 Å². The summed E-state index contributed by atoms with van der Waals surface area (Å²) in [5, 5.41) is -0.408. The zero-order valence-corrected chi connectivity index (χ0v) is 19.3. The van der Waals surface area contributed by atoms with E-state index in [1.54, 1.807) is 4.90 Å². The van der Waals surface area contributed by atoms with Gasteiger partial charge in [-0.1, -0.05) is 53.3 Å². The Balaban J connectivity index is 1.88. The number of aromatic nitrogens is 1. The fourth-order valence-corrected chi connectivity index (χ4v) is 6.33. The SMILES string of the molecule is CC1CCN(C(=O)c2cncc(CS(=O)(=O)c3c(Cl)c(Cl)cc(Cl)c3Cl)c2)CC1. The van der Waals surface area contributed by atoms with Gasteiger partial charge in [-0.05, 0) is 36.5 Å². The van der Waals surface area contributed by atoms with Crippen LogP contribution in [0.15, 0.2) is 29.4 Å². The van der Waals surface area contributed by atoms with E-state index in [4.69, 9.17) is 46.4 Å². The van der Waals surface area contributed by atoms with Gasteiger partial charge < -0.3 is 4.90 Å². The molecular formula is C19H18Cl4N2O3S. The predicted octanol–water partition coefficient (Wildman–Crippen LogP) is 5.54. The molecule has 0 atom stereocenters. The predicted molar refractivity (Wildman–Crippen MR) is 116 cm³/mol. The highest BCUT2D eigenvalue weighted by Crippen LogP contribution is 2.41. The molecule has 0 aliphatic carbocycles. The van der Waals surface area contributed by atoms with Crippen molar-refractivity contribution in [2.45, 2.75) is 30.4 Å². The normalized spacial score (nSPS) is 15.6. The van der Waals surface area contributed by atoms with Gasteiger partial charge in [0.05, 0.1) is 31.4 Å². The van der Waals surface area contributed by atoms with E-state index in [9.17, 15) is 13.2 Å². The highest BCUT2D eigenvalue weighted by molar-refractivity contribution is 7.91. The van der Waals surface area contributed by atoms with E-state index in [1.807, 2.05) is 0 Å². The van der Waals surface area contributed by atoms with Crippen LogP contribution in [0.2, 0.25) is 20.1 Å². The maximum atomic E-state index is 13.0. The molecule has 0 bridgehead atoms. The molecule has 1 fully saturated rings. The molecule has 2 heterocycles. The molecule has 0 saturated carbocycles. The summed E-state index contributed by atoms with van der Waals surface area (Å²) < 4.78 is 25.9. The van der Waals surface area contributed by atoms with Crippen LogP contribution >= 0.6 is 46.4 Å². The Hall–Kier alpha value is -1.05. The van der Waals surface area contributed by atoms with E-state index >= 15 is 0 Å². The smallest absolute Gasteiger partial charge is 0.255 e. The molecule has 0 unspecified atom stereocenters. The number of amides is 1. The number of carbonyl (C=O) groups excluding carboxylic acids is 1.